The van der Waals surface area contributed by atoms with Gasteiger partial charge in [-0.25, -0.2) is 4.98 Å². The number of carbonyl (C=O) groups is 2. The lowest BCUT2D eigenvalue weighted by Gasteiger charge is -2.11. The lowest BCUT2D eigenvalue weighted by molar-refractivity contribution is -0.127. The molecule has 1 aliphatic rings. The Bertz CT molecular complexity index is 458. The highest BCUT2D eigenvalue weighted by Crippen LogP contribution is 2.18. The van der Waals surface area contributed by atoms with E-state index in [9.17, 15) is 9.59 Å². The van der Waals surface area contributed by atoms with Gasteiger partial charge >= 0.3 is 0 Å². The van der Waals surface area contributed by atoms with E-state index in [1.807, 2.05) is 0 Å². The molecular formula is C12H15N3O3. The van der Waals surface area contributed by atoms with Crippen LogP contribution in [-0.2, 0) is 9.59 Å². The van der Waals surface area contributed by atoms with E-state index >= 15 is 0 Å². The first-order valence-electron chi connectivity index (χ1n) is 5.65. The van der Waals surface area contributed by atoms with Gasteiger partial charge in [-0.2, -0.15) is 0 Å². The summed E-state index contributed by atoms with van der Waals surface area (Å²) in [5.74, 6) is 0.0519. The van der Waals surface area contributed by atoms with E-state index in [4.69, 9.17) is 4.74 Å². The Labute approximate surface area is 105 Å². The van der Waals surface area contributed by atoms with Gasteiger partial charge in [0.1, 0.15) is 0 Å². The molecule has 1 aromatic heterocycles. The van der Waals surface area contributed by atoms with Crippen LogP contribution >= 0.6 is 0 Å². The molecule has 1 atom stereocenters. The fraction of sp³-hybridized carbons (Fsp3) is 0.417. The van der Waals surface area contributed by atoms with Crippen LogP contribution in [0.5, 0.6) is 5.88 Å². The van der Waals surface area contributed by atoms with Crippen molar-refractivity contribution in [2.24, 2.45) is 5.92 Å². The van der Waals surface area contributed by atoms with Crippen molar-refractivity contribution in [1.82, 2.24) is 9.88 Å². The first-order chi connectivity index (χ1) is 8.60. The average molecular weight is 249 g/mol. The Morgan fingerprint density at radius 3 is 2.83 bits per heavy atom. The molecule has 96 valence electrons. The van der Waals surface area contributed by atoms with Crippen LogP contribution in [0.15, 0.2) is 18.3 Å². The number of hydrogen-bond acceptors (Lipinski definition) is 4. The predicted octanol–water partition coefficient (Wildman–Crippen LogP) is 0.507. The molecule has 2 amide bonds. The Kier molecular flexibility index (Phi) is 3.45. The summed E-state index contributed by atoms with van der Waals surface area (Å²) in [5.41, 5.74) is 0.600. The minimum Gasteiger partial charge on any atom is -0.481 e. The summed E-state index contributed by atoms with van der Waals surface area (Å²) in [6.07, 6.45) is 1.79. The molecule has 1 aliphatic heterocycles. The van der Waals surface area contributed by atoms with Gasteiger partial charge in [0.2, 0.25) is 17.7 Å². The number of rotatable bonds is 3. The maximum atomic E-state index is 11.9. The molecule has 1 saturated heterocycles. The van der Waals surface area contributed by atoms with Gasteiger partial charge in [0.05, 0.1) is 24.9 Å². The third-order valence-electron chi connectivity index (χ3n) is 2.92. The number of nitrogens with zero attached hydrogens (tertiary/aromatic N) is 2. The van der Waals surface area contributed by atoms with Crippen molar-refractivity contribution in [3.05, 3.63) is 18.3 Å². The summed E-state index contributed by atoms with van der Waals surface area (Å²) in [6.45, 7) is 0.467. The van der Waals surface area contributed by atoms with Gasteiger partial charge in [-0.1, -0.05) is 0 Å². The molecule has 0 unspecified atom stereocenters. The zero-order valence-electron chi connectivity index (χ0n) is 10.3. The van der Waals surface area contributed by atoms with Crippen molar-refractivity contribution in [1.29, 1.82) is 0 Å². The number of carbonyl (C=O) groups excluding carboxylic acids is 2. The molecule has 0 aliphatic carbocycles. The molecule has 0 aromatic carbocycles. The van der Waals surface area contributed by atoms with Crippen molar-refractivity contribution >= 4 is 17.5 Å². The summed E-state index contributed by atoms with van der Waals surface area (Å²) >= 11 is 0. The monoisotopic (exact) mass is 249 g/mol. The van der Waals surface area contributed by atoms with Crippen molar-refractivity contribution in [3.8, 4) is 5.88 Å². The Balaban J connectivity index is 1.96. The second kappa shape index (κ2) is 5.03. The van der Waals surface area contributed by atoms with Gasteiger partial charge < -0.3 is 15.0 Å². The molecule has 0 bridgehead atoms. The second-order valence-corrected chi connectivity index (χ2v) is 4.25. The quantitative estimate of drug-likeness (QED) is 0.847. The first kappa shape index (κ1) is 12.3. The van der Waals surface area contributed by atoms with Gasteiger partial charge in [0, 0.05) is 26.1 Å². The summed E-state index contributed by atoms with van der Waals surface area (Å²) < 4.78 is 4.93. The van der Waals surface area contributed by atoms with E-state index in [0.29, 0.717) is 18.1 Å². The van der Waals surface area contributed by atoms with Crippen LogP contribution in [-0.4, -0.2) is 42.4 Å². The average Bonchev–Trinajstić information content (AvgIpc) is 2.71. The molecule has 2 rings (SSSR count). The van der Waals surface area contributed by atoms with E-state index in [0.717, 1.165) is 0 Å². The van der Waals surface area contributed by atoms with Gasteiger partial charge in [-0.05, 0) is 6.07 Å². The van der Waals surface area contributed by atoms with Gasteiger partial charge in [0.15, 0.2) is 0 Å². The molecule has 0 spiro atoms. The Morgan fingerprint density at radius 1 is 1.56 bits per heavy atom. The Morgan fingerprint density at radius 2 is 2.33 bits per heavy atom. The van der Waals surface area contributed by atoms with E-state index < -0.39 is 0 Å². The maximum absolute atomic E-state index is 11.9. The molecule has 6 heteroatoms. The normalized spacial score (nSPS) is 18.9. The van der Waals surface area contributed by atoms with Crippen LogP contribution in [0.3, 0.4) is 0 Å². The topological polar surface area (TPSA) is 71.5 Å². The fourth-order valence-corrected chi connectivity index (χ4v) is 1.86. The number of pyridine rings is 1. The highest BCUT2D eigenvalue weighted by Gasteiger charge is 2.32. The highest BCUT2D eigenvalue weighted by molar-refractivity contribution is 5.97. The number of hydrogen-bond donors (Lipinski definition) is 1. The van der Waals surface area contributed by atoms with Crippen LogP contribution in [0.25, 0.3) is 0 Å². The maximum Gasteiger partial charge on any atom is 0.229 e. The fourth-order valence-electron chi connectivity index (χ4n) is 1.86. The summed E-state index contributed by atoms with van der Waals surface area (Å²) in [4.78, 5) is 28.8. The molecule has 6 nitrogen and oxygen atoms in total. The summed E-state index contributed by atoms with van der Waals surface area (Å²) in [7, 11) is 3.23. The van der Waals surface area contributed by atoms with E-state index in [1.165, 1.54) is 13.3 Å². The summed E-state index contributed by atoms with van der Waals surface area (Å²) in [6, 6.07) is 3.38. The second-order valence-electron chi connectivity index (χ2n) is 4.25. The number of anilines is 1. The minimum atomic E-state index is -0.287. The summed E-state index contributed by atoms with van der Waals surface area (Å²) in [5, 5.41) is 2.74. The number of amides is 2. The molecule has 18 heavy (non-hydrogen) atoms. The standard InChI is InChI=1S/C12H15N3O3/c1-15-7-8(5-11(15)16)12(17)14-9-3-4-10(18-2)13-6-9/h3-4,6,8H,5,7H2,1-2H3,(H,14,17)/t8-/m0/s1. The molecule has 1 N–H and O–H groups in total. The molecular weight excluding hydrogens is 234 g/mol. The number of ether oxygens (including phenoxy) is 1. The lowest BCUT2D eigenvalue weighted by atomic mass is 10.1. The zero-order valence-corrected chi connectivity index (χ0v) is 10.3. The smallest absolute Gasteiger partial charge is 0.229 e. The minimum absolute atomic E-state index is 0.00278. The molecule has 1 aromatic rings. The van der Waals surface area contributed by atoms with Gasteiger partial charge in [-0.15, -0.1) is 0 Å². The lowest BCUT2D eigenvalue weighted by Crippen LogP contribution is -2.25. The van der Waals surface area contributed by atoms with Crippen molar-refractivity contribution in [2.75, 3.05) is 26.0 Å². The largest absolute Gasteiger partial charge is 0.481 e. The zero-order chi connectivity index (χ0) is 13.1. The van der Waals surface area contributed by atoms with Gasteiger partial charge in [-0.3, -0.25) is 9.59 Å². The van der Waals surface area contributed by atoms with Crippen LogP contribution < -0.4 is 10.1 Å². The number of likely N-dealkylation sites (tertiary alicyclic amines) is 1. The highest BCUT2D eigenvalue weighted by atomic mass is 16.5. The predicted molar refractivity (Wildman–Crippen MR) is 65.2 cm³/mol. The number of nitrogens with one attached hydrogen (secondary N) is 1. The van der Waals surface area contributed by atoms with Crippen LogP contribution in [0.1, 0.15) is 6.42 Å². The van der Waals surface area contributed by atoms with Crippen molar-refractivity contribution in [3.63, 3.8) is 0 Å². The molecule has 0 saturated carbocycles. The van der Waals surface area contributed by atoms with E-state index in [1.54, 1.807) is 24.1 Å². The number of methoxy groups -OCH3 is 1. The third kappa shape index (κ3) is 2.58. The van der Waals surface area contributed by atoms with Crippen LogP contribution in [0.4, 0.5) is 5.69 Å². The first-order valence-corrected chi connectivity index (χ1v) is 5.65. The van der Waals surface area contributed by atoms with E-state index in [2.05, 4.69) is 10.3 Å². The number of aromatic nitrogens is 1. The van der Waals surface area contributed by atoms with Gasteiger partial charge in [0.25, 0.3) is 0 Å². The third-order valence-corrected chi connectivity index (χ3v) is 2.92. The molecule has 0 radical (unpaired) electrons. The molecule has 2 heterocycles. The van der Waals surface area contributed by atoms with Crippen molar-refractivity contribution in [2.45, 2.75) is 6.42 Å². The van der Waals surface area contributed by atoms with Crippen LogP contribution in [0, 0.1) is 5.92 Å². The Hall–Kier alpha value is -2.11. The SMILES string of the molecule is COc1ccc(NC(=O)[C@H]2CC(=O)N(C)C2)cn1. The van der Waals surface area contributed by atoms with E-state index in [-0.39, 0.29) is 24.2 Å². The van der Waals surface area contributed by atoms with Crippen molar-refractivity contribution < 1.29 is 14.3 Å². The van der Waals surface area contributed by atoms with Crippen LogP contribution in [0.2, 0.25) is 0 Å². The molecule has 1 fully saturated rings.